The molecule has 112 valence electrons. The molecule has 19 heavy (non-hydrogen) atoms. The Bertz CT molecular complexity index is 256. The van der Waals surface area contributed by atoms with Crippen LogP contribution < -0.4 is 5.32 Å². The molecule has 0 spiro atoms. The SMILES string of the molecule is CNCC1(CN(C)C2CCCCC2)CCCC(C)C1. The minimum absolute atomic E-state index is 0.540. The Morgan fingerprint density at radius 3 is 2.47 bits per heavy atom. The predicted octanol–water partition coefficient (Wildman–Crippen LogP) is 3.67. The van der Waals surface area contributed by atoms with E-state index in [4.69, 9.17) is 0 Å². The maximum absolute atomic E-state index is 3.48. The molecule has 0 aromatic carbocycles. The molecular formula is C17H34N2. The highest BCUT2D eigenvalue weighted by molar-refractivity contribution is 4.90. The molecule has 1 N–H and O–H groups in total. The molecule has 2 rings (SSSR count). The molecule has 0 bridgehead atoms. The van der Waals surface area contributed by atoms with Gasteiger partial charge in [-0.3, -0.25) is 0 Å². The number of nitrogens with one attached hydrogen (secondary N) is 1. The summed E-state index contributed by atoms with van der Waals surface area (Å²) in [5.74, 6) is 0.918. The third-order valence-electron chi connectivity index (χ3n) is 5.52. The molecule has 2 saturated carbocycles. The second kappa shape index (κ2) is 7.08. The van der Waals surface area contributed by atoms with Gasteiger partial charge in [-0.05, 0) is 51.1 Å². The predicted molar refractivity (Wildman–Crippen MR) is 83.5 cm³/mol. The third-order valence-corrected chi connectivity index (χ3v) is 5.52. The van der Waals surface area contributed by atoms with Crippen molar-refractivity contribution in [2.45, 2.75) is 70.8 Å². The number of nitrogens with zero attached hydrogens (tertiary/aromatic N) is 1. The minimum atomic E-state index is 0.540. The lowest BCUT2D eigenvalue weighted by Gasteiger charge is -2.45. The van der Waals surface area contributed by atoms with Crippen molar-refractivity contribution in [3.8, 4) is 0 Å². The van der Waals surface area contributed by atoms with E-state index < -0.39 is 0 Å². The summed E-state index contributed by atoms with van der Waals surface area (Å²) in [6.45, 7) is 4.96. The summed E-state index contributed by atoms with van der Waals surface area (Å²) < 4.78 is 0. The van der Waals surface area contributed by atoms with Gasteiger partial charge in [0, 0.05) is 19.1 Å². The van der Waals surface area contributed by atoms with Gasteiger partial charge >= 0.3 is 0 Å². The zero-order valence-electron chi connectivity index (χ0n) is 13.4. The topological polar surface area (TPSA) is 15.3 Å². The Labute approximate surface area is 120 Å². The molecule has 0 radical (unpaired) electrons. The van der Waals surface area contributed by atoms with E-state index in [-0.39, 0.29) is 0 Å². The van der Waals surface area contributed by atoms with E-state index in [2.05, 4.69) is 31.2 Å². The molecule has 0 amide bonds. The van der Waals surface area contributed by atoms with Crippen LogP contribution in [0.4, 0.5) is 0 Å². The first kappa shape index (κ1) is 15.3. The Morgan fingerprint density at radius 1 is 1.11 bits per heavy atom. The molecule has 2 fully saturated rings. The quantitative estimate of drug-likeness (QED) is 0.817. The lowest BCUT2D eigenvalue weighted by molar-refractivity contribution is 0.0641. The van der Waals surface area contributed by atoms with Crippen molar-refractivity contribution in [3.63, 3.8) is 0 Å². The van der Waals surface area contributed by atoms with Crippen molar-refractivity contribution in [3.05, 3.63) is 0 Å². The molecule has 2 unspecified atom stereocenters. The van der Waals surface area contributed by atoms with Crippen molar-refractivity contribution in [2.75, 3.05) is 27.2 Å². The van der Waals surface area contributed by atoms with Crippen molar-refractivity contribution >= 4 is 0 Å². The summed E-state index contributed by atoms with van der Waals surface area (Å²) in [6.07, 6.45) is 12.9. The van der Waals surface area contributed by atoms with Crippen molar-refractivity contribution in [2.24, 2.45) is 11.3 Å². The summed E-state index contributed by atoms with van der Waals surface area (Å²) in [6, 6.07) is 0.861. The van der Waals surface area contributed by atoms with Crippen molar-refractivity contribution in [1.29, 1.82) is 0 Å². The van der Waals surface area contributed by atoms with Crippen LogP contribution in [0.5, 0.6) is 0 Å². The van der Waals surface area contributed by atoms with Crippen LogP contribution in [-0.2, 0) is 0 Å². The van der Waals surface area contributed by atoms with Crippen LogP contribution in [0.2, 0.25) is 0 Å². The lowest BCUT2D eigenvalue weighted by atomic mass is 9.69. The van der Waals surface area contributed by atoms with Crippen LogP contribution in [0.1, 0.15) is 64.7 Å². The molecule has 2 heteroatoms. The largest absolute Gasteiger partial charge is 0.319 e. The summed E-state index contributed by atoms with van der Waals surface area (Å²) in [4.78, 5) is 2.70. The smallest absolute Gasteiger partial charge is 0.00924 e. The Hall–Kier alpha value is -0.0800. The van der Waals surface area contributed by atoms with E-state index in [1.807, 2.05) is 0 Å². The fraction of sp³-hybridized carbons (Fsp3) is 1.00. The Balaban J connectivity index is 1.94. The first-order valence-corrected chi connectivity index (χ1v) is 8.50. The van der Waals surface area contributed by atoms with Crippen LogP contribution in [0, 0.1) is 11.3 Å². The van der Waals surface area contributed by atoms with Gasteiger partial charge in [-0.1, -0.05) is 39.0 Å². The fourth-order valence-corrected chi connectivity index (χ4v) is 4.68. The molecular weight excluding hydrogens is 232 g/mol. The highest BCUT2D eigenvalue weighted by Gasteiger charge is 2.36. The van der Waals surface area contributed by atoms with Gasteiger partial charge in [0.05, 0.1) is 0 Å². The lowest BCUT2D eigenvalue weighted by Crippen LogP contribution is -2.48. The first-order chi connectivity index (χ1) is 9.15. The average molecular weight is 266 g/mol. The normalized spacial score (nSPS) is 33.8. The van der Waals surface area contributed by atoms with E-state index in [1.54, 1.807) is 0 Å². The molecule has 2 aliphatic carbocycles. The monoisotopic (exact) mass is 266 g/mol. The second-order valence-corrected chi connectivity index (χ2v) is 7.44. The van der Waals surface area contributed by atoms with E-state index in [1.165, 1.54) is 70.9 Å². The van der Waals surface area contributed by atoms with Gasteiger partial charge in [0.25, 0.3) is 0 Å². The summed E-state index contributed by atoms with van der Waals surface area (Å²) in [5.41, 5.74) is 0.540. The van der Waals surface area contributed by atoms with Crippen LogP contribution in [-0.4, -0.2) is 38.1 Å². The van der Waals surface area contributed by atoms with E-state index in [0.717, 1.165) is 12.0 Å². The van der Waals surface area contributed by atoms with Gasteiger partial charge in [0.15, 0.2) is 0 Å². The highest BCUT2D eigenvalue weighted by Crippen LogP contribution is 2.40. The molecule has 2 aliphatic rings. The van der Waals surface area contributed by atoms with Gasteiger partial charge in [-0.25, -0.2) is 0 Å². The average Bonchev–Trinajstić information content (AvgIpc) is 2.40. The molecule has 0 heterocycles. The molecule has 2 atom stereocenters. The van der Waals surface area contributed by atoms with E-state index >= 15 is 0 Å². The second-order valence-electron chi connectivity index (χ2n) is 7.44. The van der Waals surface area contributed by atoms with Crippen LogP contribution >= 0.6 is 0 Å². The number of hydrogen-bond acceptors (Lipinski definition) is 2. The fourth-order valence-electron chi connectivity index (χ4n) is 4.68. The molecule has 0 aromatic rings. The van der Waals surface area contributed by atoms with Crippen LogP contribution in [0.3, 0.4) is 0 Å². The molecule has 0 aromatic heterocycles. The van der Waals surface area contributed by atoms with Gasteiger partial charge in [0.1, 0.15) is 0 Å². The maximum atomic E-state index is 3.48. The molecule has 0 saturated heterocycles. The van der Waals surface area contributed by atoms with E-state index in [9.17, 15) is 0 Å². The standard InChI is InChI=1S/C17H34N2/c1-15-8-7-11-17(12-15,13-18-2)14-19(3)16-9-5-4-6-10-16/h15-16,18H,4-14H2,1-3H3. The zero-order chi connectivity index (χ0) is 13.7. The zero-order valence-corrected chi connectivity index (χ0v) is 13.4. The van der Waals surface area contributed by atoms with Gasteiger partial charge in [-0.15, -0.1) is 0 Å². The van der Waals surface area contributed by atoms with Gasteiger partial charge in [0.2, 0.25) is 0 Å². The maximum Gasteiger partial charge on any atom is 0.00924 e. The molecule has 0 aliphatic heterocycles. The van der Waals surface area contributed by atoms with Gasteiger partial charge in [-0.2, -0.15) is 0 Å². The number of rotatable bonds is 5. The highest BCUT2D eigenvalue weighted by atomic mass is 15.1. The minimum Gasteiger partial charge on any atom is -0.319 e. The third kappa shape index (κ3) is 4.19. The Morgan fingerprint density at radius 2 is 1.84 bits per heavy atom. The van der Waals surface area contributed by atoms with Crippen molar-refractivity contribution < 1.29 is 0 Å². The van der Waals surface area contributed by atoms with E-state index in [0.29, 0.717) is 5.41 Å². The summed E-state index contributed by atoms with van der Waals surface area (Å²) >= 11 is 0. The van der Waals surface area contributed by atoms with Crippen molar-refractivity contribution in [1.82, 2.24) is 10.2 Å². The Kier molecular flexibility index (Phi) is 5.70. The van der Waals surface area contributed by atoms with Gasteiger partial charge < -0.3 is 10.2 Å². The molecule has 2 nitrogen and oxygen atoms in total. The summed E-state index contributed by atoms with van der Waals surface area (Å²) in [7, 11) is 4.51. The first-order valence-electron chi connectivity index (χ1n) is 8.50. The number of hydrogen-bond donors (Lipinski definition) is 1. The summed E-state index contributed by atoms with van der Waals surface area (Å²) in [5, 5.41) is 3.48. The van der Waals surface area contributed by atoms with Crippen LogP contribution in [0.25, 0.3) is 0 Å². The van der Waals surface area contributed by atoms with Crippen LogP contribution in [0.15, 0.2) is 0 Å².